The molecule has 0 radical (unpaired) electrons. The highest BCUT2D eigenvalue weighted by Gasteiger charge is 2.16. The topological polar surface area (TPSA) is 56.3 Å². The van der Waals surface area contributed by atoms with E-state index in [1.807, 2.05) is 6.07 Å². The van der Waals surface area contributed by atoms with E-state index in [4.69, 9.17) is 5.11 Å². The summed E-state index contributed by atoms with van der Waals surface area (Å²) in [6.45, 7) is 0. The van der Waals surface area contributed by atoms with Crippen LogP contribution < -0.4 is 4.90 Å². The van der Waals surface area contributed by atoms with E-state index in [9.17, 15) is 4.79 Å². The Morgan fingerprint density at radius 2 is 1.87 bits per heavy atom. The van der Waals surface area contributed by atoms with Crippen molar-refractivity contribution in [2.45, 2.75) is 0 Å². The van der Waals surface area contributed by atoms with E-state index < -0.39 is 6.09 Å². The maximum absolute atomic E-state index is 11.1. The zero-order valence-electron chi connectivity index (χ0n) is 7.92. The minimum Gasteiger partial charge on any atom is -0.464 e. The van der Waals surface area contributed by atoms with Crippen LogP contribution in [0.4, 0.5) is 16.3 Å². The average Bonchev–Trinajstić information content (AvgIpc) is 2.72. The third-order valence-electron chi connectivity index (χ3n) is 2.03. The van der Waals surface area contributed by atoms with Gasteiger partial charge in [0.25, 0.3) is 0 Å². The molecular formula is C11H10N2O2. The summed E-state index contributed by atoms with van der Waals surface area (Å²) in [4.78, 5) is 15.2. The Bertz CT molecular complexity index is 437. The van der Waals surface area contributed by atoms with Crippen LogP contribution in [0.2, 0.25) is 0 Å². The number of para-hydroxylation sites is 1. The molecule has 0 unspecified atom stereocenters. The molecule has 0 fully saturated rings. The number of nitrogens with one attached hydrogen (secondary N) is 1. The van der Waals surface area contributed by atoms with Crippen LogP contribution >= 0.6 is 0 Å². The second-order valence-electron chi connectivity index (χ2n) is 3.01. The highest BCUT2D eigenvalue weighted by molar-refractivity contribution is 5.93. The second-order valence-corrected chi connectivity index (χ2v) is 3.01. The van der Waals surface area contributed by atoms with Crippen LogP contribution in [0.3, 0.4) is 0 Å². The molecule has 2 rings (SSSR count). The highest BCUT2D eigenvalue weighted by atomic mass is 16.4. The molecule has 4 nitrogen and oxygen atoms in total. The summed E-state index contributed by atoms with van der Waals surface area (Å²) >= 11 is 0. The smallest absolute Gasteiger partial charge is 0.417 e. The van der Waals surface area contributed by atoms with Gasteiger partial charge in [-0.1, -0.05) is 18.2 Å². The number of carbonyl (C=O) groups is 1. The molecule has 2 N–H and O–H groups in total. The zero-order valence-corrected chi connectivity index (χ0v) is 7.92. The monoisotopic (exact) mass is 202 g/mol. The maximum atomic E-state index is 11.1. The molecular weight excluding hydrogens is 192 g/mol. The summed E-state index contributed by atoms with van der Waals surface area (Å²) in [5.74, 6) is 0.536. The van der Waals surface area contributed by atoms with Crippen molar-refractivity contribution in [2.24, 2.45) is 0 Å². The van der Waals surface area contributed by atoms with E-state index in [0.29, 0.717) is 11.5 Å². The van der Waals surface area contributed by atoms with Gasteiger partial charge in [0.15, 0.2) is 0 Å². The number of rotatable bonds is 2. The molecule has 0 spiro atoms. The van der Waals surface area contributed by atoms with Crippen LogP contribution in [-0.2, 0) is 0 Å². The number of nitrogens with zero attached hydrogens (tertiary/aromatic N) is 1. The van der Waals surface area contributed by atoms with Gasteiger partial charge >= 0.3 is 6.09 Å². The Morgan fingerprint density at radius 3 is 2.40 bits per heavy atom. The van der Waals surface area contributed by atoms with Gasteiger partial charge in [-0.05, 0) is 24.3 Å². The van der Waals surface area contributed by atoms with Gasteiger partial charge in [0.1, 0.15) is 5.82 Å². The quantitative estimate of drug-likeness (QED) is 0.786. The first-order valence-electron chi connectivity index (χ1n) is 4.50. The Hall–Kier alpha value is -2.23. The van der Waals surface area contributed by atoms with E-state index >= 15 is 0 Å². The molecule has 0 aliphatic rings. The molecule has 1 heterocycles. The number of aromatic amines is 1. The van der Waals surface area contributed by atoms with Crippen molar-refractivity contribution in [3.8, 4) is 0 Å². The van der Waals surface area contributed by atoms with Gasteiger partial charge < -0.3 is 10.1 Å². The third kappa shape index (κ3) is 1.83. The van der Waals surface area contributed by atoms with E-state index in [0.717, 1.165) is 0 Å². The fourth-order valence-electron chi connectivity index (χ4n) is 1.39. The van der Waals surface area contributed by atoms with Crippen molar-refractivity contribution >= 4 is 17.6 Å². The van der Waals surface area contributed by atoms with Crippen molar-refractivity contribution in [3.63, 3.8) is 0 Å². The predicted molar refractivity (Wildman–Crippen MR) is 57.4 cm³/mol. The summed E-state index contributed by atoms with van der Waals surface area (Å²) in [5.41, 5.74) is 0.618. The summed E-state index contributed by atoms with van der Waals surface area (Å²) < 4.78 is 0. The standard InChI is InChI=1S/C11H10N2O2/c14-11(15)13(10-7-4-8-12-10)9-5-2-1-3-6-9/h1-8,12H,(H,14,15). The van der Waals surface area contributed by atoms with Gasteiger partial charge in [-0.2, -0.15) is 0 Å². The van der Waals surface area contributed by atoms with Gasteiger partial charge in [0, 0.05) is 6.20 Å². The molecule has 1 amide bonds. The normalized spacial score (nSPS) is 9.87. The van der Waals surface area contributed by atoms with Crippen molar-refractivity contribution in [1.82, 2.24) is 4.98 Å². The lowest BCUT2D eigenvalue weighted by Crippen LogP contribution is -2.23. The first kappa shape index (κ1) is 9.33. The van der Waals surface area contributed by atoms with E-state index in [1.54, 1.807) is 42.6 Å². The van der Waals surface area contributed by atoms with Crippen molar-refractivity contribution in [3.05, 3.63) is 48.7 Å². The summed E-state index contributed by atoms with van der Waals surface area (Å²) in [6, 6.07) is 12.4. The predicted octanol–water partition coefficient (Wildman–Crippen LogP) is 2.83. The van der Waals surface area contributed by atoms with Crippen LogP contribution in [0.5, 0.6) is 0 Å². The lowest BCUT2D eigenvalue weighted by atomic mass is 10.3. The minimum atomic E-state index is -1.01. The van der Waals surface area contributed by atoms with Crippen molar-refractivity contribution < 1.29 is 9.90 Å². The second kappa shape index (κ2) is 3.88. The summed E-state index contributed by atoms with van der Waals surface area (Å²) in [7, 11) is 0. The fourth-order valence-corrected chi connectivity index (χ4v) is 1.39. The molecule has 0 bridgehead atoms. The average molecular weight is 202 g/mol. The SMILES string of the molecule is O=C(O)N(c1ccccc1)c1ccc[nH]1. The first-order valence-corrected chi connectivity index (χ1v) is 4.50. The largest absolute Gasteiger partial charge is 0.464 e. The third-order valence-corrected chi connectivity index (χ3v) is 2.03. The van der Waals surface area contributed by atoms with Gasteiger partial charge in [-0.15, -0.1) is 0 Å². The Kier molecular flexibility index (Phi) is 2.41. The molecule has 15 heavy (non-hydrogen) atoms. The number of anilines is 2. The number of benzene rings is 1. The van der Waals surface area contributed by atoms with Crippen molar-refractivity contribution in [1.29, 1.82) is 0 Å². The van der Waals surface area contributed by atoms with E-state index in [1.165, 1.54) is 4.90 Å². The Labute approximate surface area is 86.8 Å². The van der Waals surface area contributed by atoms with Crippen molar-refractivity contribution in [2.75, 3.05) is 4.90 Å². The van der Waals surface area contributed by atoms with E-state index in [-0.39, 0.29) is 0 Å². The van der Waals surface area contributed by atoms with Crippen LogP contribution in [0.25, 0.3) is 0 Å². The zero-order chi connectivity index (χ0) is 10.7. The van der Waals surface area contributed by atoms with Crippen LogP contribution in [0.15, 0.2) is 48.7 Å². The Morgan fingerprint density at radius 1 is 1.13 bits per heavy atom. The molecule has 0 aliphatic carbocycles. The summed E-state index contributed by atoms with van der Waals surface area (Å²) in [5, 5.41) is 9.10. The molecule has 1 aromatic carbocycles. The number of hydrogen-bond donors (Lipinski definition) is 2. The number of H-pyrrole nitrogens is 1. The number of aromatic nitrogens is 1. The highest BCUT2D eigenvalue weighted by Crippen LogP contribution is 2.22. The van der Waals surface area contributed by atoms with Gasteiger partial charge in [-0.3, -0.25) is 0 Å². The minimum absolute atomic E-state index is 0.536. The molecule has 0 saturated heterocycles. The molecule has 1 aromatic heterocycles. The van der Waals surface area contributed by atoms with Gasteiger partial charge in [-0.25, -0.2) is 9.69 Å². The molecule has 76 valence electrons. The molecule has 0 saturated carbocycles. The van der Waals surface area contributed by atoms with Gasteiger partial charge in [0.2, 0.25) is 0 Å². The fraction of sp³-hybridized carbons (Fsp3) is 0. The number of hydrogen-bond acceptors (Lipinski definition) is 1. The number of amides is 1. The maximum Gasteiger partial charge on any atom is 0.417 e. The molecule has 0 aliphatic heterocycles. The number of carboxylic acid groups (broad SMARTS) is 1. The molecule has 4 heteroatoms. The first-order chi connectivity index (χ1) is 7.29. The summed E-state index contributed by atoms with van der Waals surface area (Å²) in [6.07, 6.45) is 0.678. The molecule has 2 aromatic rings. The lowest BCUT2D eigenvalue weighted by molar-refractivity contribution is 0.204. The van der Waals surface area contributed by atoms with Gasteiger partial charge in [0.05, 0.1) is 5.69 Å². The lowest BCUT2D eigenvalue weighted by Gasteiger charge is -2.17. The molecule has 0 atom stereocenters. The van der Waals surface area contributed by atoms with Crippen LogP contribution in [0.1, 0.15) is 0 Å². The van der Waals surface area contributed by atoms with Crippen LogP contribution in [0, 0.1) is 0 Å². The van der Waals surface area contributed by atoms with E-state index in [2.05, 4.69) is 4.98 Å². The Balaban J connectivity index is 2.42. The van der Waals surface area contributed by atoms with Crippen LogP contribution in [-0.4, -0.2) is 16.2 Å².